The van der Waals surface area contributed by atoms with Gasteiger partial charge in [-0.3, -0.25) is 15.0 Å². The number of ether oxygens (including phenoxy) is 1. The Morgan fingerprint density at radius 1 is 1.05 bits per heavy atom. The molecule has 0 saturated carbocycles. The number of ketones is 1. The number of hydrogen-bond donors (Lipinski definition) is 5. The molecule has 0 aromatic heterocycles. The van der Waals surface area contributed by atoms with Gasteiger partial charge in [0.25, 0.3) is 5.91 Å². The average Bonchev–Trinajstić information content (AvgIpc) is 3.16. The summed E-state index contributed by atoms with van der Waals surface area (Å²) in [5.41, 5.74) is 1.15. The van der Waals surface area contributed by atoms with Crippen LogP contribution >= 0.6 is 0 Å². The number of aromatic hydroxyl groups is 1. The van der Waals surface area contributed by atoms with Crippen LogP contribution < -0.4 is 10.1 Å². The van der Waals surface area contributed by atoms with E-state index >= 15 is 0 Å². The first kappa shape index (κ1) is 32.6. The summed E-state index contributed by atoms with van der Waals surface area (Å²) in [7, 11) is 1.51. The number of carboxylic acid groups (broad SMARTS) is 2. The van der Waals surface area contributed by atoms with Crippen LogP contribution in [0, 0.1) is 5.41 Å². The number of fused-ring (bicyclic) bond motifs is 1. The highest BCUT2D eigenvalue weighted by Gasteiger charge is 2.38. The normalized spacial score (nSPS) is 12.7. The number of amides is 1. The standard InChI is InChI=1S/C25H29N3O6.C2HF3O2/c1-6-34-20-9-14-11-28(22(26)15(14)10-16(20)23(31)27-5)12-19(29)13-7-17(24(32)33)21(30)18(8-13)25(2,3)4;3-2(4,5)1(6)7/h7-10,26,30H,6,11-12H2,1-5H3,(H,27,31)(H,32,33);(H,6,7). The molecule has 0 atom stereocenters. The number of nitrogens with zero attached hydrogens (tertiary/aromatic N) is 1. The third-order valence-electron chi connectivity index (χ3n) is 5.96. The molecule has 0 unspecified atom stereocenters. The summed E-state index contributed by atoms with van der Waals surface area (Å²) < 4.78 is 37.3. The lowest BCUT2D eigenvalue weighted by atomic mass is 9.83. The van der Waals surface area contributed by atoms with Gasteiger partial charge in [-0.05, 0) is 42.2 Å². The zero-order valence-corrected chi connectivity index (χ0v) is 22.9. The molecule has 0 fully saturated rings. The summed E-state index contributed by atoms with van der Waals surface area (Å²) >= 11 is 0. The Hall–Kier alpha value is -4.62. The molecule has 3 rings (SSSR count). The third-order valence-corrected chi connectivity index (χ3v) is 5.96. The van der Waals surface area contributed by atoms with Crippen LogP contribution in [0.25, 0.3) is 0 Å². The van der Waals surface area contributed by atoms with Crippen LogP contribution in [0.3, 0.4) is 0 Å². The predicted octanol–water partition coefficient (Wildman–Crippen LogP) is 3.80. The lowest BCUT2D eigenvalue weighted by Crippen LogP contribution is -2.30. The van der Waals surface area contributed by atoms with E-state index in [4.69, 9.17) is 20.0 Å². The molecule has 222 valence electrons. The Kier molecular flexibility index (Phi) is 9.75. The largest absolute Gasteiger partial charge is 0.507 e. The van der Waals surface area contributed by atoms with E-state index < -0.39 is 23.5 Å². The summed E-state index contributed by atoms with van der Waals surface area (Å²) in [6.45, 7) is 7.72. The molecule has 0 radical (unpaired) electrons. The van der Waals surface area contributed by atoms with Crippen molar-refractivity contribution in [2.75, 3.05) is 20.2 Å². The van der Waals surface area contributed by atoms with Crippen LogP contribution in [0.4, 0.5) is 13.2 Å². The Morgan fingerprint density at radius 3 is 2.10 bits per heavy atom. The van der Waals surface area contributed by atoms with Crippen molar-refractivity contribution in [1.82, 2.24) is 10.2 Å². The lowest BCUT2D eigenvalue weighted by Gasteiger charge is -2.23. The fourth-order valence-corrected chi connectivity index (χ4v) is 3.95. The maximum Gasteiger partial charge on any atom is 0.490 e. The summed E-state index contributed by atoms with van der Waals surface area (Å²) in [5, 5.41) is 38.2. The van der Waals surface area contributed by atoms with E-state index in [-0.39, 0.29) is 47.5 Å². The van der Waals surface area contributed by atoms with Gasteiger partial charge in [0.05, 0.1) is 18.7 Å². The molecule has 14 heteroatoms. The topological polar surface area (TPSA) is 177 Å². The summed E-state index contributed by atoms with van der Waals surface area (Å²) in [4.78, 5) is 47.6. The molecule has 1 amide bonds. The Balaban J connectivity index is 0.000000745. The Bertz CT molecular complexity index is 1400. The average molecular weight is 582 g/mol. The maximum absolute atomic E-state index is 13.2. The highest BCUT2D eigenvalue weighted by atomic mass is 19.4. The van der Waals surface area contributed by atoms with Crippen molar-refractivity contribution in [3.63, 3.8) is 0 Å². The molecule has 1 aliphatic heterocycles. The third kappa shape index (κ3) is 7.52. The molecule has 0 spiro atoms. The van der Waals surface area contributed by atoms with Crippen LogP contribution in [0.15, 0.2) is 24.3 Å². The van der Waals surface area contributed by atoms with E-state index in [0.717, 1.165) is 5.56 Å². The van der Waals surface area contributed by atoms with Crippen molar-refractivity contribution < 1.29 is 52.4 Å². The van der Waals surface area contributed by atoms with E-state index in [1.54, 1.807) is 17.0 Å². The molecular formula is C27H30F3N3O8. The van der Waals surface area contributed by atoms with E-state index in [0.29, 0.717) is 29.0 Å². The fourth-order valence-electron chi connectivity index (χ4n) is 3.95. The molecule has 2 aromatic rings. The second-order valence-electron chi connectivity index (χ2n) is 9.92. The number of alkyl halides is 3. The number of amidine groups is 1. The molecule has 11 nitrogen and oxygen atoms in total. The molecule has 5 N–H and O–H groups in total. The first-order valence-electron chi connectivity index (χ1n) is 12.1. The van der Waals surface area contributed by atoms with E-state index in [1.165, 1.54) is 19.2 Å². The summed E-state index contributed by atoms with van der Waals surface area (Å²) in [6.07, 6.45) is -5.08. The molecule has 2 aromatic carbocycles. The van der Waals surface area contributed by atoms with Gasteiger partial charge in [0, 0.05) is 30.3 Å². The maximum atomic E-state index is 13.2. The number of carbonyl (C=O) groups is 4. The van der Waals surface area contributed by atoms with E-state index in [1.807, 2.05) is 27.7 Å². The molecule has 1 aliphatic rings. The zero-order chi connectivity index (χ0) is 31.4. The van der Waals surface area contributed by atoms with Gasteiger partial charge in [-0.25, -0.2) is 9.59 Å². The van der Waals surface area contributed by atoms with Crippen molar-refractivity contribution in [3.05, 3.63) is 57.6 Å². The van der Waals surface area contributed by atoms with Crippen LogP contribution in [0.2, 0.25) is 0 Å². The van der Waals surface area contributed by atoms with E-state index in [2.05, 4.69) is 5.32 Å². The number of halogens is 3. The highest BCUT2D eigenvalue weighted by Crippen LogP contribution is 2.35. The van der Waals surface area contributed by atoms with Crippen molar-refractivity contribution in [3.8, 4) is 11.5 Å². The highest BCUT2D eigenvalue weighted by molar-refractivity contribution is 6.08. The smallest absolute Gasteiger partial charge is 0.490 e. The fraction of sp³-hybridized carbons (Fsp3) is 0.370. The van der Waals surface area contributed by atoms with Gasteiger partial charge in [-0.15, -0.1) is 0 Å². The predicted molar refractivity (Wildman–Crippen MR) is 140 cm³/mol. The monoisotopic (exact) mass is 581 g/mol. The number of rotatable bonds is 7. The minimum absolute atomic E-state index is 0.0878. The molecule has 41 heavy (non-hydrogen) atoms. The van der Waals surface area contributed by atoms with Crippen LogP contribution in [0.1, 0.15) is 75.5 Å². The number of benzene rings is 2. The number of phenols is 1. The SMILES string of the molecule is CCOc1cc2c(cc1C(=O)NC)C(=N)N(CC(=O)c1cc(C(=O)O)c(O)c(C(C)(C)C)c1)C2.O=C(O)C(F)(F)F. The van der Waals surface area contributed by atoms with Crippen molar-refractivity contribution in [2.24, 2.45) is 0 Å². The second kappa shape index (κ2) is 12.3. The minimum Gasteiger partial charge on any atom is -0.507 e. The number of aromatic carboxylic acids is 1. The number of hydrogen-bond acceptors (Lipinski definition) is 7. The van der Waals surface area contributed by atoms with Gasteiger partial charge in [-0.1, -0.05) is 20.8 Å². The molecular weight excluding hydrogens is 551 g/mol. The quantitative estimate of drug-likeness (QED) is 0.304. The van der Waals surface area contributed by atoms with Crippen LogP contribution in [0.5, 0.6) is 11.5 Å². The van der Waals surface area contributed by atoms with Gasteiger partial charge in [-0.2, -0.15) is 13.2 Å². The number of Topliss-reactive ketones (excluding diaryl/α,β-unsaturated/α-hetero) is 1. The molecule has 1 heterocycles. The van der Waals surface area contributed by atoms with Crippen molar-refractivity contribution in [1.29, 1.82) is 5.41 Å². The van der Waals surface area contributed by atoms with Gasteiger partial charge in [0.2, 0.25) is 0 Å². The van der Waals surface area contributed by atoms with Crippen molar-refractivity contribution >= 4 is 29.5 Å². The second-order valence-corrected chi connectivity index (χ2v) is 9.92. The van der Waals surface area contributed by atoms with Gasteiger partial charge in [0.1, 0.15) is 22.9 Å². The first-order valence-corrected chi connectivity index (χ1v) is 12.1. The van der Waals surface area contributed by atoms with Crippen LogP contribution in [-0.2, 0) is 16.8 Å². The lowest BCUT2D eigenvalue weighted by molar-refractivity contribution is -0.192. The Morgan fingerprint density at radius 2 is 1.63 bits per heavy atom. The van der Waals surface area contributed by atoms with Crippen molar-refractivity contribution in [2.45, 2.75) is 45.8 Å². The number of carbonyl (C=O) groups excluding carboxylic acids is 2. The number of aliphatic carboxylic acids is 1. The molecule has 0 bridgehead atoms. The molecule has 0 saturated heterocycles. The van der Waals surface area contributed by atoms with Crippen LogP contribution in [-0.4, -0.2) is 76.1 Å². The molecule has 0 aliphatic carbocycles. The van der Waals surface area contributed by atoms with Gasteiger partial charge < -0.3 is 30.3 Å². The number of carboxylic acids is 2. The van der Waals surface area contributed by atoms with Gasteiger partial charge in [0.15, 0.2) is 5.78 Å². The summed E-state index contributed by atoms with van der Waals surface area (Å²) in [5.74, 6) is -4.68. The van der Waals surface area contributed by atoms with E-state index in [9.17, 15) is 37.8 Å². The Labute approximate surface area is 233 Å². The zero-order valence-electron chi connectivity index (χ0n) is 22.9. The number of nitrogens with one attached hydrogen (secondary N) is 2. The summed E-state index contributed by atoms with van der Waals surface area (Å²) in [6, 6.07) is 5.97. The van der Waals surface area contributed by atoms with Gasteiger partial charge >= 0.3 is 18.1 Å². The minimum atomic E-state index is -5.08. The first-order chi connectivity index (χ1) is 18.8.